The largest absolute Gasteiger partial charge is 0.548 e. The van der Waals surface area contributed by atoms with Crippen molar-refractivity contribution in [3.63, 3.8) is 0 Å². The van der Waals surface area contributed by atoms with Gasteiger partial charge in [-0.25, -0.2) is 0 Å². The highest BCUT2D eigenvalue weighted by atomic mass is 31.2. The third-order valence-electron chi connectivity index (χ3n) is 8.05. The number of likely N-dealkylation sites (tertiary alicyclic amines) is 1. The summed E-state index contributed by atoms with van der Waals surface area (Å²) < 4.78 is 25.6. The number of carbonyl (C=O) groups excluding carboxylic acids is 3. The zero-order valence-electron chi connectivity index (χ0n) is 23.7. The maximum atomic E-state index is 14.2. The molecule has 1 saturated heterocycles. The Balaban J connectivity index is 1.73. The Bertz CT molecular complexity index is 992. The molecule has 0 spiro atoms. The molecule has 9 heteroatoms. The molecule has 2 fully saturated rings. The fraction of sp³-hybridized carbons (Fsp3) is 0.700. The van der Waals surface area contributed by atoms with Crippen molar-refractivity contribution in [3.05, 3.63) is 35.9 Å². The van der Waals surface area contributed by atoms with Gasteiger partial charge in [0.15, 0.2) is 0 Å². The van der Waals surface area contributed by atoms with Crippen molar-refractivity contribution in [2.24, 2.45) is 17.8 Å². The van der Waals surface area contributed by atoms with Crippen molar-refractivity contribution in [1.29, 1.82) is 0 Å². The van der Waals surface area contributed by atoms with Crippen LogP contribution in [-0.2, 0) is 34.6 Å². The third-order valence-corrected chi connectivity index (χ3v) is 10.4. The Morgan fingerprint density at radius 2 is 1.74 bits per heavy atom. The number of unbranched alkanes of at least 4 members (excludes halogenated alkanes) is 1. The van der Waals surface area contributed by atoms with Crippen LogP contribution in [0.2, 0.25) is 0 Å². The van der Waals surface area contributed by atoms with Gasteiger partial charge in [0.25, 0.3) is 0 Å². The molecule has 1 amide bonds. The van der Waals surface area contributed by atoms with Crippen molar-refractivity contribution in [3.8, 4) is 0 Å². The topological polar surface area (TPSA) is 113 Å². The number of esters is 1. The lowest BCUT2D eigenvalue weighted by Gasteiger charge is -2.30. The van der Waals surface area contributed by atoms with Crippen LogP contribution in [0.5, 0.6) is 0 Å². The van der Waals surface area contributed by atoms with E-state index >= 15 is 0 Å². The van der Waals surface area contributed by atoms with Crippen molar-refractivity contribution < 1.29 is 33.3 Å². The summed E-state index contributed by atoms with van der Waals surface area (Å²) in [5.74, 6) is -1.99. The highest BCUT2D eigenvalue weighted by Crippen LogP contribution is 2.51. The van der Waals surface area contributed by atoms with Crippen LogP contribution >= 0.6 is 7.37 Å². The molecule has 0 aromatic heterocycles. The molecular formula is C30H45NO7P-. The van der Waals surface area contributed by atoms with Crippen LogP contribution in [-0.4, -0.2) is 53.9 Å². The average molecular weight is 563 g/mol. The van der Waals surface area contributed by atoms with Crippen LogP contribution in [0.25, 0.3) is 0 Å². The molecule has 0 radical (unpaired) electrons. The van der Waals surface area contributed by atoms with Gasteiger partial charge >= 0.3 is 5.97 Å². The van der Waals surface area contributed by atoms with Gasteiger partial charge in [0, 0.05) is 25.0 Å². The maximum absolute atomic E-state index is 14.2. The van der Waals surface area contributed by atoms with Gasteiger partial charge in [0.1, 0.15) is 6.16 Å². The number of amides is 1. The summed E-state index contributed by atoms with van der Waals surface area (Å²) in [6, 6.07) is 8.96. The normalized spacial score (nSPS) is 22.4. The molecule has 218 valence electrons. The van der Waals surface area contributed by atoms with E-state index in [-0.39, 0.29) is 24.4 Å². The first-order valence-electron chi connectivity index (χ1n) is 14.6. The van der Waals surface area contributed by atoms with Crippen molar-refractivity contribution in [2.45, 2.75) is 97.3 Å². The summed E-state index contributed by atoms with van der Waals surface area (Å²) in [5, 5.41) is 12.0. The number of ether oxygens (including phenoxy) is 1. The zero-order chi connectivity index (χ0) is 28.4. The predicted octanol–water partition coefficient (Wildman–Crippen LogP) is 4.79. The summed E-state index contributed by atoms with van der Waals surface area (Å²) in [6.45, 7) is 5.62. The molecule has 0 bridgehead atoms. The first kappa shape index (κ1) is 31.3. The Kier molecular flexibility index (Phi) is 12.1. The van der Waals surface area contributed by atoms with Crippen molar-refractivity contribution in [1.82, 2.24) is 4.90 Å². The van der Waals surface area contributed by atoms with Crippen molar-refractivity contribution >= 4 is 25.2 Å². The molecule has 1 aliphatic heterocycles. The van der Waals surface area contributed by atoms with E-state index in [0.29, 0.717) is 25.3 Å². The molecule has 2 aliphatic rings. The number of aliphatic carboxylic acids is 1. The first-order chi connectivity index (χ1) is 18.6. The highest BCUT2D eigenvalue weighted by Gasteiger charge is 2.42. The number of hydrogen-bond donors (Lipinski definition) is 0. The van der Waals surface area contributed by atoms with Gasteiger partial charge in [-0.1, -0.05) is 83.2 Å². The number of carbonyl (C=O) groups is 3. The number of benzene rings is 1. The monoisotopic (exact) mass is 562 g/mol. The van der Waals surface area contributed by atoms with E-state index in [0.717, 1.165) is 38.5 Å². The van der Waals surface area contributed by atoms with E-state index in [1.165, 1.54) is 16.9 Å². The number of rotatable bonds is 14. The van der Waals surface area contributed by atoms with Gasteiger partial charge < -0.3 is 19.5 Å². The van der Waals surface area contributed by atoms with Gasteiger partial charge in [-0.3, -0.25) is 18.7 Å². The number of carboxylic acids is 1. The summed E-state index contributed by atoms with van der Waals surface area (Å²) in [6.07, 6.45) is 6.88. The highest BCUT2D eigenvalue weighted by molar-refractivity contribution is 7.59. The van der Waals surface area contributed by atoms with Gasteiger partial charge in [0.05, 0.1) is 12.0 Å². The van der Waals surface area contributed by atoms with Gasteiger partial charge in [-0.2, -0.15) is 0 Å². The quantitative estimate of drug-likeness (QED) is 0.139. The molecule has 2 unspecified atom stereocenters. The number of carboxylic acid groups (broad SMARTS) is 1. The van der Waals surface area contributed by atoms with Gasteiger partial charge in [0.2, 0.25) is 19.6 Å². The first-order valence-corrected chi connectivity index (χ1v) is 16.6. The van der Waals surface area contributed by atoms with E-state index in [1.54, 1.807) is 20.8 Å². The molecule has 8 nitrogen and oxygen atoms in total. The number of nitrogens with zero attached hydrogens (tertiary/aromatic N) is 1. The standard InChI is InChI=1S/C30H46NO7P/c1-4-28(33)37-30(22(2)3)38-39(36,18-12-11-15-23-13-7-5-8-14-23)21-27(32)31-20-25(19-26(31)29(34)35)24-16-9-6-10-17-24/h5,7-8,13-14,22,24-26,30H,4,6,9-12,15-21H2,1-3H3,(H,34,35)/p-1/t25-,26+,30?,39?/m1/s1. The Morgan fingerprint density at radius 1 is 1.05 bits per heavy atom. The minimum Gasteiger partial charge on any atom is -0.548 e. The van der Waals surface area contributed by atoms with Crippen LogP contribution in [0.3, 0.4) is 0 Å². The van der Waals surface area contributed by atoms with E-state index in [2.05, 4.69) is 0 Å². The van der Waals surface area contributed by atoms with Gasteiger partial charge in [-0.05, 0) is 43.1 Å². The molecule has 1 heterocycles. The molecular weight excluding hydrogens is 517 g/mol. The second-order valence-corrected chi connectivity index (χ2v) is 14.1. The summed E-state index contributed by atoms with van der Waals surface area (Å²) in [5.41, 5.74) is 1.17. The SMILES string of the molecule is CCC(=O)OC(OP(=O)(CCCCc1ccccc1)CC(=O)N1C[C@H](C2CCCCC2)C[C@H]1C(=O)[O-])C(C)C. The molecule has 39 heavy (non-hydrogen) atoms. The third kappa shape index (κ3) is 9.46. The molecule has 1 aromatic rings. The maximum Gasteiger partial charge on any atom is 0.307 e. The number of hydrogen-bond acceptors (Lipinski definition) is 7. The smallest absolute Gasteiger partial charge is 0.307 e. The lowest BCUT2D eigenvalue weighted by molar-refractivity contribution is -0.310. The van der Waals surface area contributed by atoms with E-state index < -0.39 is 43.7 Å². The summed E-state index contributed by atoms with van der Waals surface area (Å²) >= 11 is 0. The van der Waals surface area contributed by atoms with E-state index in [1.807, 2.05) is 30.3 Å². The number of aryl methyl sites for hydroxylation is 1. The Labute approximate surface area is 233 Å². The minimum atomic E-state index is -3.62. The second kappa shape index (κ2) is 15.0. The molecule has 3 rings (SSSR count). The van der Waals surface area contributed by atoms with E-state index in [4.69, 9.17) is 9.26 Å². The fourth-order valence-corrected chi connectivity index (χ4v) is 8.09. The lowest BCUT2D eigenvalue weighted by atomic mass is 9.79. The van der Waals surface area contributed by atoms with Gasteiger partial charge in [-0.15, -0.1) is 0 Å². The van der Waals surface area contributed by atoms with Crippen LogP contribution in [0.4, 0.5) is 0 Å². The minimum absolute atomic E-state index is 0.109. The van der Waals surface area contributed by atoms with Crippen LogP contribution in [0.1, 0.15) is 84.1 Å². The second-order valence-electron chi connectivity index (χ2n) is 11.5. The average Bonchev–Trinajstić information content (AvgIpc) is 3.38. The lowest BCUT2D eigenvalue weighted by Crippen LogP contribution is -2.48. The molecule has 4 atom stereocenters. The van der Waals surface area contributed by atoms with E-state index in [9.17, 15) is 24.1 Å². The molecule has 1 aromatic carbocycles. The fourth-order valence-electron chi connectivity index (χ4n) is 5.79. The van der Waals surface area contributed by atoms with Crippen molar-refractivity contribution in [2.75, 3.05) is 18.9 Å². The zero-order valence-corrected chi connectivity index (χ0v) is 24.6. The Morgan fingerprint density at radius 3 is 2.36 bits per heavy atom. The molecule has 0 N–H and O–H groups in total. The molecule has 1 aliphatic carbocycles. The summed E-state index contributed by atoms with van der Waals surface area (Å²) in [7, 11) is -3.62. The Hall–Kier alpha value is -2.18. The van der Waals surface area contributed by atoms with Crippen LogP contribution < -0.4 is 5.11 Å². The summed E-state index contributed by atoms with van der Waals surface area (Å²) in [4.78, 5) is 39.0. The molecule has 1 saturated carbocycles. The van der Waals surface area contributed by atoms with Crippen LogP contribution in [0.15, 0.2) is 30.3 Å². The van der Waals surface area contributed by atoms with Crippen LogP contribution in [0, 0.1) is 17.8 Å². The predicted molar refractivity (Wildman–Crippen MR) is 148 cm³/mol.